The Kier molecular flexibility index (Phi) is 7.33. The third kappa shape index (κ3) is 5.89. The number of carbonyl (C=O) groups is 1. The van der Waals surface area contributed by atoms with Gasteiger partial charge in [0, 0.05) is 20.0 Å². The maximum absolute atomic E-state index is 11.5. The molecule has 15 heavy (non-hydrogen) atoms. The Hall–Kier alpha value is -1.31. The maximum Gasteiger partial charge on any atom is 0.222 e. The van der Waals surface area contributed by atoms with E-state index < -0.39 is 0 Å². The van der Waals surface area contributed by atoms with E-state index >= 15 is 0 Å². The molecule has 0 saturated carbocycles. The van der Waals surface area contributed by atoms with Crippen LogP contribution < -0.4 is 0 Å². The lowest BCUT2D eigenvalue weighted by Crippen LogP contribution is -2.25. The molecule has 0 saturated heterocycles. The standard InChI is InChI=1S/C13H21NO/c1-5-8-9-12(6-2)10-11-13(15)14(4)7-3/h5-6,8-9H,2,7,10-11H2,1,3-4H3/b8-5-,12-9+. The Bertz CT molecular complexity index is 264. The fourth-order valence-corrected chi connectivity index (χ4v) is 1.09. The monoisotopic (exact) mass is 207 g/mol. The minimum absolute atomic E-state index is 0.186. The molecular weight excluding hydrogens is 186 g/mol. The van der Waals surface area contributed by atoms with Crippen LogP contribution in [-0.4, -0.2) is 24.4 Å². The van der Waals surface area contributed by atoms with E-state index in [-0.39, 0.29) is 5.91 Å². The van der Waals surface area contributed by atoms with E-state index in [1.54, 1.807) is 11.0 Å². The molecular formula is C13H21NO. The zero-order valence-electron chi connectivity index (χ0n) is 9.99. The number of rotatable bonds is 6. The quantitative estimate of drug-likeness (QED) is 0.613. The summed E-state index contributed by atoms with van der Waals surface area (Å²) in [6.07, 6.45) is 9.04. The highest BCUT2D eigenvalue weighted by Crippen LogP contribution is 2.08. The van der Waals surface area contributed by atoms with E-state index in [0.717, 1.165) is 18.5 Å². The molecule has 0 spiro atoms. The third-order valence-electron chi connectivity index (χ3n) is 2.29. The summed E-state index contributed by atoms with van der Waals surface area (Å²) < 4.78 is 0. The van der Waals surface area contributed by atoms with Crippen LogP contribution in [0.3, 0.4) is 0 Å². The van der Waals surface area contributed by atoms with Crippen LogP contribution in [0.4, 0.5) is 0 Å². The fraction of sp³-hybridized carbons (Fsp3) is 0.462. The number of nitrogens with zero attached hydrogens (tertiary/aromatic N) is 1. The number of carbonyl (C=O) groups excluding carboxylic acids is 1. The molecule has 0 aliphatic heterocycles. The summed E-state index contributed by atoms with van der Waals surface area (Å²) in [6.45, 7) is 8.43. The second-order valence-corrected chi connectivity index (χ2v) is 3.38. The van der Waals surface area contributed by atoms with Crippen molar-refractivity contribution in [2.45, 2.75) is 26.7 Å². The Labute approximate surface area is 93.0 Å². The summed E-state index contributed by atoms with van der Waals surface area (Å²) in [5, 5.41) is 0. The van der Waals surface area contributed by atoms with Crippen LogP contribution in [-0.2, 0) is 4.79 Å². The molecule has 0 aromatic rings. The van der Waals surface area contributed by atoms with Crippen molar-refractivity contribution in [1.82, 2.24) is 4.90 Å². The van der Waals surface area contributed by atoms with Crippen molar-refractivity contribution in [3.05, 3.63) is 36.5 Å². The lowest BCUT2D eigenvalue weighted by atomic mass is 10.1. The molecule has 0 heterocycles. The fourth-order valence-electron chi connectivity index (χ4n) is 1.09. The van der Waals surface area contributed by atoms with Gasteiger partial charge < -0.3 is 4.90 Å². The van der Waals surface area contributed by atoms with Crippen molar-refractivity contribution < 1.29 is 4.79 Å². The highest BCUT2D eigenvalue weighted by atomic mass is 16.2. The third-order valence-corrected chi connectivity index (χ3v) is 2.29. The molecule has 0 aliphatic carbocycles. The zero-order valence-corrected chi connectivity index (χ0v) is 9.99. The number of hydrogen-bond acceptors (Lipinski definition) is 1. The van der Waals surface area contributed by atoms with E-state index in [0.29, 0.717) is 6.42 Å². The Morgan fingerprint density at radius 2 is 2.07 bits per heavy atom. The molecule has 84 valence electrons. The first-order valence-corrected chi connectivity index (χ1v) is 5.34. The van der Waals surface area contributed by atoms with Gasteiger partial charge in [0.1, 0.15) is 0 Å². The van der Waals surface area contributed by atoms with Gasteiger partial charge in [0.05, 0.1) is 0 Å². The predicted octanol–water partition coefficient (Wildman–Crippen LogP) is 2.93. The van der Waals surface area contributed by atoms with Crippen molar-refractivity contribution in [3.8, 4) is 0 Å². The summed E-state index contributed by atoms with van der Waals surface area (Å²) in [5.74, 6) is 0.186. The summed E-state index contributed by atoms with van der Waals surface area (Å²) >= 11 is 0. The molecule has 0 aliphatic rings. The van der Waals surface area contributed by atoms with Crippen molar-refractivity contribution in [2.24, 2.45) is 0 Å². The van der Waals surface area contributed by atoms with Crippen molar-refractivity contribution in [3.63, 3.8) is 0 Å². The van der Waals surface area contributed by atoms with Crippen LogP contribution in [0.5, 0.6) is 0 Å². The van der Waals surface area contributed by atoms with Gasteiger partial charge in [-0.3, -0.25) is 4.79 Å². The molecule has 0 fully saturated rings. The van der Waals surface area contributed by atoms with E-state index in [1.807, 2.05) is 39.1 Å². The Morgan fingerprint density at radius 1 is 1.40 bits per heavy atom. The van der Waals surface area contributed by atoms with Crippen LogP contribution >= 0.6 is 0 Å². The summed E-state index contributed by atoms with van der Waals surface area (Å²) in [6, 6.07) is 0. The lowest BCUT2D eigenvalue weighted by molar-refractivity contribution is -0.129. The lowest BCUT2D eigenvalue weighted by Gasteiger charge is -2.14. The van der Waals surface area contributed by atoms with Gasteiger partial charge in [0.2, 0.25) is 5.91 Å². The number of allylic oxidation sites excluding steroid dienone is 5. The molecule has 0 aromatic heterocycles. The molecule has 0 bridgehead atoms. The molecule has 2 heteroatoms. The molecule has 0 aromatic carbocycles. The van der Waals surface area contributed by atoms with Crippen LogP contribution in [0, 0.1) is 0 Å². The Morgan fingerprint density at radius 3 is 2.53 bits per heavy atom. The van der Waals surface area contributed by atoms with E-state index in [1.165, 1.54) is 0 Å². The highest BCUT2D eigenvalue weighted by molar-refractivity contribution is 5.76. The molecule has 2 nitrogen and oxygen atoms in total. The van der Waals surface area contributed by atoms with E-state index in [2.05, 4.69) is 6.58 Å². The first-order chi connectivity index (χ1) is 7.15. The molecule has 0 rings (SSSR count). The largest absolute Gasteiger partial charge is 0.346 e. The van der Waals surface area contributed by atoms with Gasteiger partial charge in [-0.05, 0) is 25.8 Å². The van der Waals surface area contributed by atoms with Gasteiger partial charge in [-0.1, -0.05) is 30.9 Å². The van der Waals surface area contributed by atoms with Gasteiger partial charge in [-0.2, -0.15) is 0 Å². The summed E-state index contributed by atoms with van der Waals surface area (Å²) in [4.78, 5) is 13.2. The minimum Gasteiger partial charge on any atom is -0.346 e. The highest BCUT2D eigenvalue weighted by Gasteiger charge is 2.05. The topological polar surface area (TPSA) is 20.3 Å². The van der Waals surface area contributed by atoms with Gasteiger partial charge in [-0.15, -0.1) is 0 Å². The maximum atomic E-state index is 11.5. The predicted molar refractivity (Wildman–Crippen MR) is 65.6 cm³/mol. The average molecular weight is 207 g/mol. The second-order valence-electron chi connectivity index (χ2n) is 3.38. The molecule has 0 atom stereocenters. The molecule has 0 N–H and O–H groups in total. The SMILES string of the molecule is C=C/C(=C\C=C/C)CCC(=O)N(C)CC. The van der Waals surface area contributed by atoms with Crippen LogP contribution in [0.25, 0.3) is 0 Å². The van der Waals surface area contributed by atoms with Gasteiger partial charge in [-0.25, -0.2) is 0 Å². The average Bonchev–Trinajstić information content (AvgIpc) is 2.27. The normalized spacial score (nSPS) is 11.8. The van der Waals surface area contributed by atoms with Crippen LogP contribution in [0.1, 0.15) is 26.7 Å². The number of hydrogen-bond donors (Lipinski definition) is 0. The van der Waals surface area contributed by atoms with Crippen molar-refractivity contribution in [1.29, 1.82) is 0 Å². The second kappa shape index (κ2) is 8.04. The first kappa shape index (κ1) is 13.7. The van der Waals surface area contributed by atoms with Crippen LogP contribution in [0.15, 0.2) is 36.5 Å². The van der Waals surface area contributed by atoms with Crippen molar-refractivity contribution in [2.75, 3.05) is 13.6 Å². The molecule has 0 unspecified atom stereocenters. The van der Waals surface area contributed by atoms with Gasteiger partial charge in [0.15, 0.2) is 0 Å². The zero-order chi connectivity index (χ0) is 11.7. The Balaban J connectivity index is 4.12. The van der Waals surface area contributed by atoms with E-state index in [9.17, 15) is 4.79 Å². The first-order valence-electron chi connectivity index (χ1n) is 5.34. The molecule has 1 amide bonds. The smallest absolute Gasteiger partial charge is 0.222 e. The van der Waals surface area contributed by atoms with Crippen molar-refractivity contribution >= 4 is 5.91 Å². The van der Waals surface area contributed by atoms with Gasteiger partial charge in [0.25, 0.3) is 0 Å². The van der Waals surface area contributed by atoms with Crippen LogP contribution in [0.2, 0.25) is 0 Å². The summed E-state index contributed by atoms with van der Waals surface area (Å²) in [5.41, 5.74) is 1.10. The summed E-state index contributed by atoms with van der Waals surface area (Å²) in [7, 11) is 1.82. The van der Waals surface area contributed by atoms with E-state index in [4.69, 9.17) is 0 Å². The van der Waals surface area contributed by atoms with Gasteiger partial charge >= 0.3 is 0 Å². The number of amides is 1. The minimum atomic E-state index is 0.186. The molecule has 0 radical (unpaired) electrons.